The smallest absolute Gasteiger partial charge is 0.251 e. The van der Waals surface area contributed by atoms with Crippen molar-refractivity contribution in [2.24, 2.45) is 0 Å². The van der Waals surface area contributed by atoms with Gasteiger partial charge in [0.05, 0.1) is 19.3 Å². The lowest BCUT2D eigenvalue weighted by atomic mass is 10.1. The number of rotatable bonds is 10. The Balaban J connectivity index is 1.79. The normalized spacial score (nSPS) is 11.6. The van der Waals surface area contributed by atoms with Gasteiger partial charge in [0.2, 0.25) is 5.91 Å². The van der Waals surface area contributed by atoms with Gasteiger partial charge in [-0.05, 0) is 57.0 Å². The molecule has 6 heteroatoms. The Morgan fingerprint density at radius 1 is 1.00 bits per heavy atom. The summed E-state index contributed by atoms with van der Waals surface area (Å²) in [6, 6.07) is 14.5. The zero-order chi connectivity index (χ0) is 21.2. The van der Waals surface area contributed by atoms with E-state index in [1.54, 1.807) is 19.2 Å². The summed E-state index contributed by atoms with van der Waals surface area (Å²) in [4.78, 5) is 24.2. The number of hydrogen-bond donors (Lipinski definition) is 2. The Labute approximate surface area is 172 Å². The molecule has 2 rings (SSSR count). The van der Waals surface area contributed by atoms with Crippen molar-refractivity contribution in [2.75, 3.05) is 13.7 Å². The molecule has 6 nitrogen and oxygen atoms in total. The van der Waals surface area contributed by atoms with E-state index in [-0.39, 0.29) is 24.0 Å². The second-order valence-electron chi connectivity index (χ2n) is 7.09. The third-order valence-corrected chi connectivity index (χ3v) is 4.33. The van der Waals surface area contributed by atoms with Crippen molar-refractivity contribution in [1.82, 2.24) is 10.6 Å². The minimum atomic E-state index is -0.164. The van der Waals surface area contributed by atoms with Crippen LogP contribution in [0.4, 0.5) is 0 Å². The van der Waals surface area contributed by atoms with Gasteiger partial charge in [0.15, 0.2) is 11.5 Å². The number of carbonyl (C=O) groups excluding carboxylic acids is 2. The summed E-state index contributed by atoms with van der Waals surface area (Å²) in [6.45, 7) is 6.29. The van der Waals surface area contributed by atoms with Crippen LogP contribution in [0.25, 0.3) is 0 Å². The molecular weight excluding hydrogens is 368 g/mol. The van der Waals surface area contributed by atoms with E-state index in [4.69, 9.17) is 9.47 Å². The van der Waals surface area contributed by atoms with E-state index in [0.717, 1.165) is 5.56 Å². The number of methoxy groups -OCH3 is 1. The maximum absolute atomic E-state index is 12.2. The lowest BCUT2D eigenvalue weighted by molar-refractivity contribution is -0.121. The summed E-state index contributed by atoms with van der Waals surface area (Å²) in [5.74, 6) is 1.13. The minimum Gasteiger partial charge on any atom is -0.493 e. The molecule has 1 unspecified atom stereocenters. The Morgan fingerprint density at radius 2 is 1.72 bits per heavy atom. The van der Waals surface area contributed by atoms with Gasteiger partial charge in [-0.15, -0.1) is 0 Å². The standard InChI is InChI=1S/C23H30N2O4/c1-16(2)29-20-13-12-19(15-21(20)28-4)17(3)25-22(26)11-8-14-24-23(27)18-9-6-5-7-10-18/h5-7,9-10,12-13,15-17H,8,11,14H2,1-4H3,(H,24,27)(H,25,26). The van der Waals surface area contributed by atoms with Crippen LogP contribution in [0.1, 0.15) is 55.6 Å². The summed E-state index contributed by atoms with van der Waals surface area (Å²) in [7, 11) is 1.60. The van der Waals surface area contributed by atoms with Gasteiger partial charge in [0, 0.05) is 18.5 Å². The highest BCUT2D eigenvalue weighted by molar-refractivity contribution is 5.94. The number of benzene rings is 2. The average Bonchev–Trinajstić information content (AvgIpc) is 2.71. The molecule has 0 bridgehead atoms. The molecule has 0 saturated heterocycles. The van der Waals surface area contributed by atoms with E-state index in [0.29, 0.717) is 36.4 Å². The van der Waals surface area contributed by atoms with Crippen molar-refractivity contribution in [2.45, 2.75) is 45.8 Å². The van der Waals surface area contributed by atoms with E-state index in [9.17, 15) is 9.59 Å². The molecule has 0 radical (unpaired) electrons. The summed E-state index contributed by atoms with van der Waals surface area (Å²) >= 11 is 0. The minimum absolute atomic E-state index is 0.0502. The summed E-state index contributed by atoms with van der Waals surface area (Å²) < 4.78 is 11.1. The maximum Gasteiger partial charge on any atom is 0.251 e. The van der Waals surface area contributed by atoms with E-state index < -0.39 is 0 Å². The van der Waals surface area contributed by atoms with E-state index in [1.165, 1.54) is 0 Å². The van der Waals surface area contributed by atoms with Crippen LogP contribution in [0, 0.1) is 0 Å². The van der Waals surface area contributed by atoms with Crippen LogP contribution in [0.2, 0.25) is 0 Å². The molecule has 29 heavy (non-hydrogen) atoms. The van der Waals surface area contributed by atoms with Gasteiger partial charge in [-0.3, -0.25) is 9.59 Å². The Morgan fingerprint density at radius 3 is 2.38 bits per heavy atom. The number of amides is 2. The molecule has 156 valence electrons. The number of carbonyl (C=O) groups is 2. The molecule has 0 fully saturated rings. The molecule has 2 aromatic carbocycles. The fraction of sp³-hybridized carbons (Fsp3) is 0.391. The van der Waals surface area contributed by atoms with Crippen molar-refractivity contribution in [1.29, 1.82) is 0 Å². The van der Waals surface area contributed by atoms with E-state index in [1.807, 2.05) is 57.2 Å². The summed E-state index contributed by atoms with van der Waals surface area (Å²) in [5.41, 5.74) is 1.55. The van der Waals surface area contributed by atoms with Crippen LogP contribution in [0.15, 0.2) is 48.5 Å². The zero-order valence-corrected chi connectivity index (χ0v) is 17.5. The predicted octanol–water partition coefficient (Wildman–Crippen LogP) is 3.87. The van der Waals surface area contributed by atoms with Crippen molar-refractivity contribution in [3.8, 4) is 11.5 Å². The lowest BCUT2D eigenvalue weighted by Crippen LogP contribution is -2.29. The van der Waals surface area contributed by atoms with Crippen molar-refractivity contribution in [3.63, 3.8) is 0 Å². The Kier molecular flexibility index (Phi) is 8.52. The quantitative estimate of drug-likeness (QED) is 0.596. The first-order valence-corrected chi connectivity index (χ1v) is 9.88. The third-order valence-electron chi connectivity index (χ3n) is 4.33. The van der Waals surface area contributed by atoms with Crippen LogP contribution >= 0.6 is 0 Å². The summed E-state index contributed by atoms with van der Waals surface area (Å²) in [5, 5.41) is 5.81. The second kappa shape index (κ2) is 11.1. The molecule has 0 aromatic heterocycles. The molecule has 0 saturated carbocycles. The first-order valence-electron chi connectivity index (χ1n) is 9.88. The molecule has 2 N–H and O–H groups in total. The largest absolute Gasteiger partial charge is 0.493 e. The molecule has 0 aliphatic rings. The predicted molar refractivity (Wildman–Crippen MR) is 113 cm³/mol. The number of nitrogens with one attached hydrogen (secondary N) is 2. The summed E-state index contributed by atoms with van der Waals surface area (Å²) in [6.07, 6.45) is 0.960. The molecular formula is C23H30N2O4. The SMILES string of the molecule is COc1cc(C(C)NC(=O)CCCNC(=O)c2ccccc2)ccc1OC(C)C. The van der Waals surface area contributed by atoms with E-state index >= 15 is 0 Å². The average molecular weight is 399 g/mol. The van der Waals surface area contributed by atoms with Gasteiger partial charge in [-0.2, -0.15) is 0 Å². The van der Waals surface area contributed by atoms with Gasteiger partial charge in [-0.25, -0.2) is 0 Å². The Bertz CT molecular complexity index is 806. The van der Waals surface area contributed by atoms with Gasteiger partial charge in [0.25, 0.3) is 5.91 Å². The highest BCUT2D eigenvalue weighted by atomic mass is 16.5. The van der Waals surface area contributed by atoms with Gasteiger partial charge >= 0.3 is 0 Å². The highest BCUT2D eigenvalue weighted by Gasteiger charge is 2.14. The monoisotopic (exact) mass is 398 g/mol. The molecule has 0 heterocycles. The first-order chi connectivity index (χ1) is 13.9. The van der Waals surface area contributed by atoms with Crippen LogP contribution < -0.4 is 20.1 Å². The van der Waals surface area contributed by atoms with Crippen LogP contribution in [-0.2, 0) is 4.79 Å². The topological polar surface area (TPSA) is 76.7 Å². The molecule has 0 spiro atoms. The fourth-order valence-electron chi connectivity index (χ4n) is 2.84. The molecule has 2 amide bonds. The van der Waals surface area contributed by atoms with Crippen LogP contribution in [0.5, 0.6) is 11.5 Å². The van der Waals surface area contributed by atoms with Crippen LogP contribution in [-0.4, -0.2) is 31.6 Å². The van der Waals surface area contributed by atoms with Crippen LogP contribution in [0.3, 0.4) is 0 Å². The number of ether oxygens (including phenoxy) is 2. The molecule has 1 atom stereocenters. The highest BCUT2D eigenvalue weighted by Crippen LogP contribution is 2.31. The van der Waals surface area contributed by atoms with Gasteiger partial charge < -0.3 is 20.1 Å². The van der Waals surface area contributed by atoms with Gasteiger partial charge in [0.1, 0.15) is 0 Å². The van der Waals surface area contributed by atoms with Gasteiger partial charge in [-0.1, -0.05) is 24.3 Å². The zero-order valence-electron chi connectivity index (χ0n) is 17.5. The second-order valence-corrected chi connectivity index (χ2v) is 7.09. The third kappa shape index (κ3) is 7.14. The van der Waals surface area contributed by atoms with Crippen molar-refractivity contribution < 1.29 is 19.1 Å². The fourth-order valence-corrected chi connectivity index (χ4v) is 2.84. The van der Waals surface area contributed by atoms with Crippen molar-refractivity contribution in [3.05, 3.63) is 59.7 Å². The number of hydrogen-bond acceptors (Lipinski definition) is 4. The molecule has 0 aliphatic heterocycles. The van der Waals surface area contributed by atoms with Crippen molar-refractivity contribution >= 4 is 11.8 Å². The lowest BCUT2D eigenvalue weighted by Gasteiger charge is -2.18. The first kappa shape index (κ1) is 22.3. The Hall–Kier alpha value is -3.02. The molecule has 2 aromatic rings. The molecule has 0 aliphatic carbocycles. The van der Waals surface area contributed by atoms with E-state index in [2.05, 4.69) is 10.6 Å². The maximum atomic E-state index is 12.2.